The lowest BCUT2D eigenvalue weighted by atomic mass is 10.2. The molecule has 1 amide bonds. The number of hydrogen-bond donors (Lipinski definition) is 0. The zero-order chi connectivity index (χ0) is 15.2. The summed E-state index contributed by atoms with van der Waals surface area (Å²) in [4.78, 5) is 26.5. The Bertz CT molecular complexity index is 511. The first-order valence-corrected chi connectivity index (χ1v) is 7.39. The Hall–Kier alpha value is -2.11. The minimum Gasteiger partial charge on any atom is -0.362 e. The molecule has 1 saturated heterocycles. The highest BCUT2D eigenvalue weighted by molar-refractivity contribution is 5.76. The van der Waals surface area contributed by atoms with E-state index in [9.17, 15) is 14.9 Å². The predicted molar refractivity (Wildman–Crippen MR) is 81.4 cm³/mol. The van der Waals surface area contributed by atoms with Gasteiger partial charge in [0, 0.05) is 38.7 Å². The van der Waals surface area contributed by atoms with Crippen LogP contribution in [-0.4, -0.2) is 41.9 Å². The molecule has 1 aliphatic rings. The lowest BCUT2D eigenvalue weighted by Crippen LogP contribution is -2.48. The van der Waals surface area contributed by atoms with Gasteiger partial charge in [0.15, 0.2) is 0 Å². The van der Waals surface area contributed by atoms with Crippen molar-refractivity contribution in [3.63, 3.8) is 0 Å². The molecular formula is C15H21N3O3. The molecule has 0 unspecified atom stereocenters. The topological polar surface area (TPSA) is 66.7 Å². The van der Waals surface area contributed by atoms with E-state index in [1.54, 1.807) is 18.2 Å². The summed E-state index contributed by atoms with van der Waals surface area (Å²) in [6, 6.07) is 6.77. The lowest BCUT2D eigenvalue weighted by molar-refractivity contribution is -0.384. The third-order valence-electron chi connectivity index (χ3n) is 3.80. The summed E-state index contributed by atoms with van der Waals surface area (Å²) in [6.07, 6.45) is 2.53. The second kappa shape index (κ2) is 7.06. The molecule has 0 radical (unpaired) electrons. The van der Waals surface area contributed by atoms with Crippen LogP contribution >= 0.6 is 0 Å². The number of benzene rings is 1. The van der Waals surface area contributed by atoms with Crippen LogP contribution in [0.4, 0.5) is 11.4 Å². The standard InChI is InChI=1S/C15H21N3O3/c1-2-3-8-15(19)17-11-9-16(10-12-17)13-6-4-5-7-14(13)18(20)21/h4-7H,2-3,8-12H2,1H3. The van der Waals surface area contributed by atoms with E-state index in [0.717, 1.165) is 12.8 Å². The van der Waals surface area contributed by atoms with Crippen LogP contribution in [0.2, 0.25) is 0 Å². The Balaban J connectivity index is 1.98. The van der Waals surface area contributed by atoms with Crippen molar-refractivity contribution in [2.75, 3.05) is 31.1 Å². The number of carbonyl (C=O) groups excluding carboxylic acids is 1. The van der Waals surface area contributed by atoms with Crippen molar-refractivity contribution < 1.29 is 9.72 Å². The quantitative estimate of drug-likeness (QED) is 0.617. The van der Waals surface area contributed by atoms with E-state index in [2.05, 4.69) is 6.92 Å². The van der Waals surface area contributed by atoms with E-state index in [1.807, 2.05) is 9.80 Å². The molecule has 1 aromatic rings. The summed E-state index contributed by atoms with van der Waals surface area (Å²) in [6.45, 7) is 4.62. The Labute approximate surface area is 124 Å². The van der Waals surface area contributed by atoms with Crippen LogP contribution in [0, 0.1) is 10.1 Å². The summed E-state index contributed by atoms with van der Waals surface area (Å²) in [5.41, 5.74) is 0.770. The van der Waals surface area contributed by atoms with Crippen LogP contribution in [-0.2, 0) is 4.79 Å². The monoisotopic (exact) mass is 291 g/mol. The Kier molecular flexibility index (Phi) is 5.14. The molecule has 0 saturated carbocycles. The second-order valence-electron chi connectivity index (χ2n) is 5.22. The molecule has 6 heteroatoms. The third-order valence-corrected chi connectivity index (χ3v) is 3.80. The van der Waals surface area contributed by atoms with E-state index in [1.165, 1.54) is 6.07 Å². The van der Waals surface area contributed by atoms with Gasteiger partial charge in [-0.2, -0.15) is 0 Å². The number of nitro benzene ring substituents is 1. The van der Waals surface area contributed by atoms with Crippen LogP contribution in [0.15, 0.2) is 24.3 Å². The maximum absolute atomic E-state index is 12.0. The average molecular weight is 291 g/mol. The van der Waals surface area contributed by atoms with Gasteiger partial charge in [0.05, 0.1) is 4.92 Å². The normalized spacial score (nSPS) is 15.1. The highest BCUT2D eigenvalue weighted by Gasteiger charge is 2.24. The third kappa shape index (κ3) is 3.71. The number of hydrogen-bond acceptors (Lipinski definition) is 4. The van der Waals surface area contributed by atoms with Crippen molar-refractivity contribution >= 4 is 17.3 Å². The van der Waals surface area contributed by atoms with Crippen LogP contribution in [0.25, 0.3) is 0 Å². The molecular weight excluding hydrogens is 270 g/mol. The minimum atomic E-state index is -0.353. The van der Waals surface area contributed by atoms with E-state index >= 15 is 0 Å². The van der Waals surface area contributed by atoms with Crippen LogP contribution < -0.4 is 4.90 Å². The van der Waals surface area contributed by atoms with Crippen molar-refractivity contribution in [1.29, 1.82) is 0 Å². The van der Waals surface area contributed by atoms with Crippen molar-refractivity contribution in [2.24, 2.45) is 0 Å². The Morgan fingerprint density at radius 2 is 1.90 bits per heavy atom. The number of carbonyl (C=O) groups is 1. The van der Waals surface area contributed by atoms with Gasteiger partial charge in [-0.1, -0.05) is 25.5 Å². The fourth-order valence-corrected chi connectivity index (χ4v) is 2.57. The van der Waals surface area contributed by atoms with Gasteiger partial charge < -0.3 is 9.80 Å². The van der Waals surface area contributed by atoms with Gasteiger partial charge in [-0.3, -0.25) is 14.9 Å². The molecule has 114 valence electrons. The predicted octanol–water partition coefficient (Wildman–Crippen LogP) is 2.43. The van der Waals surface area contributed by atoms with Gasteiger partial charge in [-0.05, 0) is 12.5 Å². The zero-order valence-electron chi connectivity index (χ0n) is 12.3. The fraction of sp³-hybridized carbons (Fsp3) is 0.533. The first kappa shape index (κ1) is 15.3. The molecule has 0 spiro atoms. The highest BCUT2D eigenvalue weighted by atomic mass is 16.6. The highest BCUT2D eigenvalue weighted by Crippen LogP contribution is 2.28. The molecule has 21 heavy (non-hydrogen) atoms. The number of para-hydroxylation sites is 2. The second-order valence-corrected chi connectivity index (χ2v) is 5.22. The van der Waals surface area contributed by atoms with E-state index in [4.69, 9.17) is 0 Å². The summed E-state index contributed by atoms with van der Waals surface area (Å²) >= 11 is 0. The first-order chi connectivity index (χ1) is 10.1. The van der Waals surface area contributed by atoms with E-state index < -0.39 is 0 Å². The molecule has 0 N–H and O–H groups in total. The minimum absolute atomic E-state index is 0.128. The summed E-state index contributed by atoms with van der Waals surface area (Å²) < 4.78 is 0. The molecule has 1 fully saturated rings. The SMILES string of the molecule is CCCCC(=O)N1CCN(c2ccccc2[N+](=O)[O-])CC1. The Morgan fingerprint density at radius 3 is 2.52 bits per heavy atom. The van der Waals surface area contributed by atoms with Gasteiger partial charge in [-0.25, -0.2) is 0 Å². The van der Waals surface area contributed by atoms with E-state index in [-0.39, 0.29) is 16.5 Å². The number of unbranched alkanes of at least 4 members (excludes halogenated alkanes) is 1. The number of nitro groups is 1. The lowest BCUT2D eigenvalue weighted by Gasteiger charge is -2.35. The fourth-order valence-electron chi connectivity index (χ4n) is 2.57. The molecule has 1 aromatic carbocycles. The molecule has 0 atom stereocenters. The van der Waals surface area contributed by atoms with Crippen LogP contribution in [0.1, 0.15) is 26.2 Å². The maximum Gasteiger partial charge on any atom is 0.292 e. The molecule has 1 heterocycles. The van der Waals surface area contributed by atoms with Crippen molar-refractivity contribution in [1.82, 2.24) is 4.90 Å². The number of nitrogens with zero attached hydrogens (tertiary/aromatic N) is 3. The van der Waals surface area contributed by atoms with Gasteiger partial charge >= 0.3 is 0 Å². The number of anilines is 1. The summed E-state index contributed by atoms with van der Waals surface area (Å²) in [5, 5.41) is 11.1. The van der Waals surface area contributed by atoms with Crippen molar-refractivity contribution in [3.8, 4) is 0 Å². The molecule has 0 aliphatic carbocycles. The first-order valence-electron chi connectivity index (χ1n) is 7.39. The summed E-state index contributed by atoms with van der Waals surface area (Å²) in [7, 11) is 0. The van der Waals surface area contributed by atoms with Crippen molar-refractivity contribution in [2.45, 2.75) is 26.2 Å². The summed E-state index contributed by atoms with van der Waals surface area (Å²) in [5.74, 6) is 0.194. The van der Waals surface area contributed by atoms with Gasteiger partial charge in [-0.15, -0.1) is 0 Å². The Morgan fingerprint density at radius 1 is 1.24 bits per heavy atom. The zero-order valence-corrected chi connectivity index (χ0v) is 12.3. The van der Waals surface area contributed by atoms with Gasteiger partial charge in [0.25, 0.3) is 5.69 Å². The van der Waals surface area contributed by atoms with E-state index in [0.29, 0.717) is 38.3 Å². The van der Waals surface area contributed by atoms with Crippen molar-refractivity contribution in [3.05, 3.63) is 34.4 Å². The number of amides is 1. The van der Waals surface area contributed by atoms with Gasteiger partial charge in [0.1, 0.15) is 5.69 Å². The molecule has 1 aliphatic heterocycles. The van der Waals surface area contributed by atoms with Gasteiger partial charge in [0.2, 0.25) is 5.91 Å². The largest absolute Gasteiger partial charge is 0.362 e. The average Bonchev–Trinajstić information content (AvgIpc) is 2.52. The molecule has 0 bridgehead atoms. The number of rotatable bonds is 5. The maximum atomic E-state index is 12.0. The smallest absolute Gasteiger partial charge is 0.292 e. The van der Waals surface area contributed by atoms with Crippen LogP contribution in [0.5, 0.6) is 0 Å². The molecule has 6 nitrogen and oxygen atoms in total. The van der Waals surface area contributed by atoms with Crippen LogP contribution in [0.3, 0.4) is 0 Å². The molecule has 2 rings (SSSR count). The number of piperazine rings is 1. The molecule has 0 aromatic heterocycles.